The molecular formula is C60H72N2. The van der Waals surface area contributed by atoms with Crippen LogP contribution >= 0.6 is 0 Å². The van der Waals surface area contributed by atoms with Crippen LogP contribution in [-0.2, 0) is 25.7 Å². The summed E-state index contributed by atoms with van der Waals surface area (Å²) in [7, 11) is 0. The number of aromatic nitrogens is 2. The van der Waals surface area contributed by atoms with Crippen LogP contribution in [0.25, 0.3) is 66.1 Å². The fourth-order valence-corrected chi connectivity index (χ4v) is 10.0. The summed E-state index contributed by atoms with van der Waals surface area (Å²) in [5, 5.41) is 5.55. The van der Waals surface area contributed by atoms with Gasteiger partial charge in [0.25, 0.3) is 0 Å². The van der Waals surface area contributed by atoms with E-state index in [-0.39, 0.29) is 0 Å². The highest BCUT2D eigenvalue weighted by molar-refractivity contribution is 6.10. The van der Waals surface area contributed by atoms with E-state index in [4.69, 9.17) is 0 Å². The Bertz CT molecular complexity index is 2340. The van der Waals surface area contributed by atoms with Crippen molar-refractivity contribution >= 4 is 43.6 Å². The normalized spacial score (nSPS) is 11.9. The van der Waals surface area contributed by atoms with Crippen LogP contribution in [0.15, 0.2) is 121 Å². The lowest BCUT2D eigenvalue weighted by atomic mass is 10.0. The molecule has 8 rings (SSSR count). The van der Waals surface area contributed by atoms with Gasteiger partial charge in [-0.15, -0.1) is 0 Å². The van der Waals surface area contributed by atoms with Gasteiger partial charge in [0.1, 0.15) is 0 Å². The van der Waals surface area contributed by atoms with E-state index in [1.165, 1.54) is 191 Å². The molecule has 2 heterocycles. The molecule has 2 aromatic heterocycles. The topological polar surface area (TPSA) is 9.86 Å². The van der Waals surface area contributed by atoms with Crippen LogP contribution in [0.2, 0.25) is 0 Å². The SMILES string of the molecule is CCCCCCc1ccc2c(c1)c1cc(CCCCCC)ccc1n2-c1ccc(-c2ccc(-n3c4ccc(CCCCCC)cc4c4cc(CCCCCC)ccc43)cc2)cc1. The first-order chi connectivity index (χ1) is 30.6. The summed E-state index contributed by atoms with van der Waals surface area (Å²) in [6.07, 6.45) is 25.4. The molecule has 0 bridgehead atoms. The molecule has 0 fully saturated rings. The number of benzene rings is 6. The molecular weight excluding hydrogens is 749 g/mol. The van der Waals surface area contributed by atoms with Crippen LogP contribution in [0.3, 0.4) is 0 Å². The molecule has 0 saturated heterocycles. The minimum Gasteiger partial charge on any atom is -0.309 e. The molecule has 6 aromatic carbocycles. The van der Waals surface area contributed by atoms with Gasteiger partial charge in [0.15, 0.2) is 0 Å². The smallest absolute Gasteiger partial charge is 0.0541 e. The molecule has 0 unspecified atom stereocenters. The minimum absolute atomic E-state index is 1.16. The van der Waals surface area contributed by atoms with Gasteiger partial charge >= 0.3 is 0 Å². The fourth-order valence-electron chi connectivity index (χ4n) is 10.0. The first-order valence-electron chi connectivity index (χ1n) is 24.9. The summed E-state index contributed by atoms with van der Waals surface area (Å²) >= 11 is 0. The second-order valence-electron chi connectivity index (χ2n) is 18.4. The number of hydrogen-bond donors (Lipinski definition) is 0. The van der Waals surface area contributed by atoms with Gasteiger partial charge in [0.05, 0.1) is 22.1 Å². The minimum atomic E-state index is 1.16. The number of rotatable bonds is 23. The highest BCUT2D eigenvalue weighted by atomic mass is 15.0. The number of nitrogens with zero attached hydrogens (tertiary/aromatic N) is 2. The second kappa shape index (κ2) is 21.3. The van der Waals surface area contributed by atoms with E-state index < -0.39 is 0 Å². The van der Waals surface area contributed by atoms with E-state index in [2.05, 4.69) is 158 Å². The number of hydrogen-bond acceptors (Lipinski definition) is 0. The molecule has 8 aromatic rings. The molecule has 0 radical (unpaired) electrons. The Hall–Kier alpha value is -5.08. The van der Waals surface area contributed by atoms with Crippen molar-refractivity contribution < 1.29 is 0 Å². The standard InChI is InChI=1S/C60H72N2/c1-5-9-13-17-21-45-25-37-57-53(41-45)54-42-46(22-18-14-10-6-2)26-38-58(54)61(57)51-33-29-49(30-34-51)50-31-35-52(36-32-50)62-59-39-27-47(23-19-15-11-7-3)43-55(59)56-44-48(28-40-60(56)62)24-20-16-12-8-4/h25-44H,5-24H2,1-4H3. The van der Waals surface area contributed by atoms with E-state index in [9.17, 15) is 0 Å². The van der Waals surface area contributed by atoms with Crippen molar-refractivity contribution in [3.63, 3.8) is 0 Å². The van der Waals surface area contributed by atoms with Gasteiger partial charge in [-0.3, -0.25) is 0 Å². The Morgan fingerprint density at radius 3 is 0.774 bits per heavy atom. The first kappa shape index (κ1) is 43.6. The Balaban J connectivity index is 1.09. The molecule has 2 heteroatoms. The van der Waals surface area contributed by atoms with Gasteiger partial charge in [-0.05, 0) is 158 Å². The average molecular weight is 821 g/mol. The van der Waals surface area contributed by atoms with Crippen molar-refractivity contribution in [3.05, 3.63) is 144 Å². The number of fused-ring (bicyclic) bond motifs is 6. The lowest BCUT2D eigenvalue weighted by Gasteiger charge is -2.12. The van der Waals surface area contributed by atoms with E-state index in [1.54, 1.807) is 0 Å². The van der Waals surface area contributed by atoms with E-state index in [0.29, 0.717) is 0 Å². The molecule has 0 atom stereocenters. The van der Waals surface area contributed by atoms with Crippen LogP contribution in [0.5, 0.6) is 0 Å². The molecule has 2 nitrogen and oxygen atoms in total. The average Bonchev–Trinajstić information content (AvgIpc) is 3.81. The third-order valence-electron chi connectivity index (χ3n) is 13.6. The molecule has 0 saturated carbocycles. The molecule has 0 N–H and O–H groups in total. The lowest BCUT2D eigenvalue weighted by Crippen LogP contribution is -1.95. The van der Waals surface area contributed by atoms with Crippen LogP contribution < -0.4 is 0 Å². The maximum Gasteiger partial charge on any atom is 0.0541 e. The zero-order valence-corrected chi connectivity index (χ0v) is 38.6. The molecule has 0 aliphatic heterocycles. The van der Waals surface area contributed by atoms with Crippen LogP contribution in [0, 0.1) is 0 Å². The third kappa shape index (κ3) is 9.91. The van der Waals surface area contributed by atoms with Gasteiger partial charge in [-0.2, -0.15) is 0 Å². The van der Waals surface area contributed by atoms with Crippen molar-refractivity contribution in [3.8, 4) is 22.5 Å². The maximum atomic E-state index is 2.50. The van der Waals surface area contributed by atoms with Crippen molar-refractivity contribution in [2.45, 2.75) is 156 Å². The quantitative estimate of drug-likeness (QED) is 0.0569. The molecule has 0 amide bonds. The molecule has 322 valence electrons. The van der Waals surface area contributed by atoms with Gasteiger partial charge in [0.2, 0.25) is 0 Å². The zero-order chi connectivity index (χ0) is 42.7. The Morgan fingerprint density at radius 1 is 0.274 bits per heavy atom. The highest BCUT2D eigenvalue weighted by Crippen LogP contribution is 2.37. The molecule has 0 spiro atoms. The number of aryl methyl sites for hydroxylation is 4. The first-order valence-corrected chi connectivity index (χ1v) is 24.9. The lowest BCUT2D eigenvalue weighted by molar-refractivity contribution is 0.667. The Labute approximate surface area is 373 Å². The Morgan fingerprint density at radius 2 is 0.532 bits per heavy atom. The monoisotopic (exact) mass is 821 g/mol. The summed E-state index contributed by atoms with van der Waals surface area (Å²) in [6, 6.07) is 47.6. The predicted molar refractivity (Wildman–Crippen MR) is 272 cm³/mol. The van der Waals surface area contributed by atoms with E-state index >= 15 is 0 Å². The van der Waals surface area contributed by atoms with Crippen LogP contribution in [-0.4, -0.2) is 9.13 Å². The van der Waals surface area contributed by atoms with Crippen LogP contribution in [0.4, 0.5) is 0 Å². The van der Waals surface area contributed by atoms with E-state index in [0.717, 1.165) is 25.7 Å². The van der Waals surface area contributed by atoms with E-state index in [1.807, 2.05) is 0 Å². The number of unbranched alkanes of at least 4 members (excludes halogenated alkanes) is 12. The second-order valence-corrected chi connectivity index (χ2v) is 18.4. The van der Waals surface area contributed by atoms with Gasteiger partial charge in [0, 0.05) is 32.9 Å². The summed E-state index contributed by atoms with van der Waals surface area (Å²) in [5.74, 6) is 0. The van der Waals surface area contributed by atoms with Crippen molar-refractivity contribution in [2.24, 2.45) is 0 Å². The maximum absolute atomic E-state index is 2.50. The predicted octanol–water partition coefficient (Wildman–Crippen LogP) is 18.0. The van der Waals surface area contributed by atoms with Gasteiger partial charge in [-0.25, -0.2) is 0 Å². The largest absolute Gasteiger partial charge is 0.309 e. The third-order valence-corrected chi connectivity index (χ3v) is 13.6. The van der Waals surface area contributed by atoms with Crippen molar-refractivity contribution in [2.75, 3.05) is 0 Å². The summed E-state index contributed by atoms with van der Waals surface area (Å²) in [4.78, 5) is 0. The van der Waals surface area contributed by atoms with Crippen molar-refractivity contribution in [1.29, 1.82) is 0 Å². The van der Waals surface area contributed by atoms with Crippen LogP contribution in [0.1, 0.15) is 153 Å². The molecule has 0 aliphatic rings. The summed E-state index contributed by atoms with van der Waals surface area (Å²) < 4.78 is 4.99. The van der Waals surface area contributed by atoms with Crippen molar-refractivity contribution in [1.82, 2.24) is 9.13 Å². The highest BCUT2D eigenvalue weighted by Gasteiger charge is 2.16. The molecule has 62 heavy (non-hydrogen) atoms. The summed E-state index contributed by atoms with van der Waals surface area (Å²) in [5.41, 5.74) is 16.0. The summed E-state index contributed by atoms with van der Waals surface area (Å²) in [6.45, 7) is 9.19. The Kier molecular flexibility index (Phi) is 15.0. The van der Waals surface area contributed by atoms with Gasteiger partial charge in [-0.1, -0.05) is 153 Å². The zero-order valence-electron chi connectivity index (χ0n) is 38.6. The molecule has 0 aliphatic carbocycles. The van der Waals surface area contributed by atoms with Gasteiger partial charge < -0.3 is 9.13 Å². The fraction of sp³-hybridized carbons (Fsp3) is 0.400.